The van der Waals surface area contributed by atoms with Gasteiger partial charge in [0.2, 0.25) is 0 Å². The van der Waals surface area contributed by atoms with Gasteiger partial charge in [-0.25, -0.2) is 9.37 Å². The first-order chi connectivity index (χ1) is 8.56. The monoisotopic (exact) mass is 283 g/mol. The maximum absolute atomic E-state index is 13.5. The van der Waals surface area contributed by atoms with E-state index in [4.69, 9.17) is 11.6 Å². The zero-order chi connectivity index (χ0) is 13.1. The van der Waals surface area contributed by atoms with Crippen LogP contribution in [0, 0.1) is 12.7 Å². The highest BCUT2D eigenvalue weighted by Gasteiger charge is 2.13. The molecule has 1 heterocycles. The van der Waals surface area contributed by atoms with Crippen LogP contribution in [0.3, 0.4) is 0 Å². The molecule has 0 fully saturated rings. The number of ketones is 1. The Hall–Kier alpha value is -1.26. The number of rotatable bonds is 4. The molecule has 0 aliphatic heterocycles. The van der Waals surface area contributed by atoms with Gasteiger partial charge < -0.3 is 0 Å². The molecule has 0 spiro atoms. The first-order valence-electron chi connectivity index (χ1n) is 5.42. The van der Waals surface area contributed by atoms with Gasteiger partial charge in [0.15, 0.2) is 0 Å². The second kappa shape index (κ2) is 5.59. The summed E-state index contributed by atoms with van der Waals surface area (Å²) in [4.78, 5) is 16.0. The van der Waals surface area contributed by atoms with Crippen LogP contribution in [0.1, 0.15) is 16.3 Å². The molecule has 2 nitrogen and oxygen atoms in total. The molecule has 0 N–H and O–H groups in total. The Morgan fingerprint density at radius 1 is 1.44 bits per heavy atom. The van der Waals surface area contributed by atoms with Gasteiger partial charge in [0.05, 0.1) is 6.42 Å². The van der Waals surface area contributed by atoms with Crippen molar-refractivity contribution < 1.29 is 9.18 Å². The second-order valence-electron chi connectivity index (χ2n) is 3.98. The molecule has 0 aliphatic rings. The van der Waals surface area contributed by atoms with E-state index < -0.39 is 5.82 Å². The van der Waals surface area contributed by atoms with Crippen molar-refractivity contribution in [3.8, 4) is 0 Å². The Morgan fingerprint density at radius 2 is 2.22 bits per heavy atom. The molecular weight excluding hydrogens is 273 g/mol. The maximum Gasteiger partial charge on any atom is 0.144 e. The summed E-state index contributed by atoms with van der Waals surface area (Å²) in [6.45, 7) is 1.87. The summed E-state index contributed by atoms with van der Waals surface area (Å²) in [6, 6.07) is 4.42. The molecule has 2 rings (SSSR count). The highest BCUT2D eigenvalue weighted by molar-refractivity contribution is 7.09. The third-order valence-corrected chi connectivity index (χ3v) is 3.77. The quantitative estimate of drug-likeness (QED) is 0.858. The first kappa shape index (κ1) is 13.2. The van der Waals surface area contributed by atoms with Crippen molar-refractivity contribution in [3.63, 3.8) is 0 Å². The Kier molecular flexibility index (Phi) is 4.09. The Labute approximate surface area is 113 Å². The van der Waals surface area contributed by atoms with E-state index in [2.05, 4.69) is 4.98 Å². The van der Waals surface area contributed by atoms with Crippen molar-refractivity contribution in [1.29, 1.82) is 0 Å². The van der Waals surface area contributed by atoms with Crippen molar-refractivity contribution in [2.75, 3.05) is 0 Å². The van der Waals surface area contributed by atoms with Gasteiger partial charge in [-0.15, -0.1) is 11.3 Å². The standard InChI is InChI=1S/C13H11ClFNOS/c1-8-7-18-13(16-8)6-9(17)5-10-11(14)3-2-4-12(10)15/h2-4,7H,5-6H2,1H3. The lowest BCUT2D eigenvalue weighted by Gasteiger charge is -2.04. The Balaban J connectivity index is 2.08. The summed E-state index contributed by atoms with van der Waals surface area (Å²) in [5.41, 5.74) is 1.16. The molecule has 0 atom stereocenters. The lowest BCUT2D eigenvalue weighted by molar-refractivity contribution is -0.117. The fourth-order valence-corrected chi connectivity index (χ4v) is 2.64. The largest absolute Gasteiger partial charge is 0.299 e. The van der Waals surface area contributed by atoms with Crippen molar-refractivity contribution in [3.05, 3.63) is 50.7 Å². The number of halogens is 2. The number of carbonyl (C=O) groups is 1. The van der Waals surface area contributed by atoms with Gasteiger partial charge in [-0.2, -0.15) is 0 Å². The number of hydrogen-bond donors (Lipinski definition) is 0. The van der Waals surface area contributed by atoms with E-state index in [0.29, 0.717) is 5.02 Å². The van der Waals surface area contributed by atoms with E-state index in [0.717, 1.165) is 10.7 Å². The molecule has 0 saturated heterocycles. The highest BCUT2D eigenvalue weighted by atomic mass is 35.5. The third kappa shape index (κ3) is 3.15. The van der Waals surface area contributed by atoms with Gasteiger partial charge >= 0.3 is 0 Å². The van der Waals surface area contributed by atoms with Crippen molar-refractivity contribution in [2.45, 2.75) is 19.8 Å². The van der Waals surface area contributed by atoms with E-state index in [1.54, 1.807) is 6.07 Å². The van der Waals surface area contributed by atoms with Gasteiger partial charge in [-0.1, -0.05) is 17.7 Å². The van der Waals surface area contributed by atoms with Crippen molar-refractivity contribution in [2.24, 2.45) is 0 Å². The zero-order valence-corrected chi connectivity index (χ0v) is 11.3. The normalized spacial score (nSPS) is 10.6. The van der Waals surface area contributed by atoms with Crippen LogP contribution in [0.25, 0.3) is 0 Å². The van der Waals surface area contributed by atoms with E-state index in [1.807, 2.05) is 12.3 Å². The Bertz CT molecular complexity index is 562. The van der Waals surface area contributed by atoms with Crippen LogP contribution in [-0.4, -0.2) is 10.8 Å². The topological polar surface area (TPSA) is 30.0 Å². The molecule has 0 unspecified atom stereocenters. The number of thiazole rings is 1. The zero-order valence-electron chi connectivity index (χ0n) is 9.74. The summed E-state index contributed by atoms with van der Waals surface area (Å²) < 4.78 is 13.5. The number of aromatic nitrogens is 1. The fourth-order valence-electron chi connectivity index (χ4n) is 1.61. The van der Waals surface area contributed by atoms with Gasteiger partial charge in [0.1, 0.15) is 16.6 Å². The van der Waals surface area contributed by atoms with E-state index in [-0.39, 0.29) is 24.2 Å². The van der Waals surface area contributed by atoms with Gasteiger partial charge in [0, 0.05) is 28.1 Å². The smallest absolute Gasteiger partial charge is 0.144 e. The minimum absolute atomic E-state index is 0.00410. The molecule has 18 heavy (non-hydrogen) atoms. The molecular formula is C13H11ClFNOS. The summed E-state index contributed by atoms with van der Waals surface area (Å²) in [7, 11) is 0. The lowest BCUT2D eigenvalue weighted by Crippen LogP contribution is -2.08. The molecule has 1 aromatic carbocycles. The molecule has 2 aromatic rings. The summed E-state index contributed by atoms with van der Waals surface area (Å²) in [5.74, 6) is -0.525. The average Bonchev–Trinajstić information content (AvgIpc) is 2.69. The number of nitrogens with zero attached hydrogens (tertiary/aromatic N) is 1. The molecule has 1 aromatic heterocycles. The first-order valence-corrected chi connectivity index (χ1v) is 6.67. The molecule has 94 valence electrons. The van der Waals surface area contributed by atoms with Crippen LogP contribution in [-0.2, 0) is 17.6 Å². The number of carbonyl (C=O) groups excluding carboxylic acids is 1. The van der Waals surface area contributed by atoms with Crippen LogP contribution >= 0.6 is 22.9 Å². The van der Waals surface area contributed by atoms with E-state index in [9.17, 15) is 9.18 Å². The molecule has 0 amide bonds. The molecule has 0 radical (unpaired) electrons. The summed E-state index contributed by atoms with van der Waals surface area (Å²) in [5, 5.41) is 2.93. The third-order valence-electron chi connectivity index (χ3n) is 2.45. The fraction of sp³-hybridized carbons (Fsp3) is 0.231. The van der Waals surface area contributed by atoms with Crippen LogP contribution in [0.4, 0.5) is 4.39 Å². The van der Waals surface area contributed by atoms with Gasteiger partial charge in [-0.3, -0.25) is 4.79 Å². The van der Waals surface area contributed by atoms with Crippen LogP contribution in [0.15, 0.2) is 23.6 Å². The van der Waals surface area contributed by atoms with E-state index >= 15 is 0 Å². The highest BCUT2D eigenvalue weighted by Crippen LogP contribution is 2.20. The number of aryl methyl sites for hydroxylation is 1. The predicted molar refractivity (Wildman–Crippen MR) is 70.7 cm³/mol. The van der Waals surface area contributed by atoms with Crippen LogP contribution in [0.5, 0.6) is 0 Å². The lowest BCUT2D eigenvalue weighted by atomic mass is 10.1. The second-order valence-corrected chi connectivity index (χ2v) is 5.32. The minimum Gasteiger partial charge on any atom is -0.299 e. The minimum atomic E-state index is -0.439. The summed E-state index contributed by atoms with van der Waals surface area (Å²) >= 11 is 7.31. The molecule has 0 saturated carbocycles. The number of benzene rings is 1. The number of Topliss-reactive ketones (excluding diaryl/α,β-unsaturated/α-hetero) is 1. The van der Waals surface area contributed by atoms with E-state index in [1.165, 1.54) is 23.5 Å². The van der Waals surface area contributed by atoms with Crippen LogP contribution in [0.2, 0.25) is 5.02 Å². The molecule has 0 aliphatic carbocycles. The Morgan fingerprint density at radius 3 is 2.83 bits per heavy atom. The number of hydrogen-bond acceptors (Lipinski definition) is 3. The van der Waals surface area contributed by atoms with Gasteiger partial charge in [-0.05, 0) is 19.1 Å². The molecule has 5 heteroatoms. The molecule has 0 bridgehead atoms. The SMILES string of the molecule is Cc1csc(CC(=O)Cc2c(F)cccc2Cl)n1. The van der Waals surface area contributed by atoms with Crippen molar-refractivity contribution in [1.82, 2.24) is 4.98 Å². The van der Waals surface area contributed by atoms with Gasteiger partial charge in [0.25, 0.3) is 0 Å². The average molecular weight is 284 g/mol. The van der Waals surface area contributed by atoms with Crippen LogP contribution < -0.4 is 0 Å². The maximum atomic E-state index is 13.5. The predicted octanol–water partition coefficient (Wildman–Crippen LogP) is 3.60. The summed E-state index contributed by atoms with van der Waals surface area (Å²) in [6.07, 6.45) is 0.229. The van der Waals surface area contributed by atoms with Crippen molar-refractivity contribution >= 4 is 28.7 Å².